The van der Waals surface area contributed by atoms with E-state index in [1.807, 2.05) is 12.1 Å². The van der Waals surface area contributed by atoms with E-state index in [2.05, 4.69) is 22.2 Å². The minimum absolute atomic E-state index is 0.670. The molecule has 0 atom stereocenters. The first kappa shape index (κ1) is 9.88. The summed E-state index contributed by atoms with van der Waals surface area (Å²) in [7, 11) is 1.69. The number of para-hydroxylation sites is 1. The highest BCUT2D eigenvalue weighted by molar-refractivity contribution is 5.63. The molecule has 3 nitrogen and oxygen atoms in total. The van der Waals surface area contributed by atoms with Gasteiger partial charge in [0.2, 0.25) is 0 Å². The van der Waals surface area contributed by atoms with Crippen LogP contribution < -0.4 is 10.1 Å². The Kier molecular flexibility index (Phi) is 2.79. The average molecular weight is 202 g/mol. The molecule has 3 heteroatoms. The number of terminal acetylenes is 1. The van der Waals surface area contributed by atoms with Gasteiger partial charge in [-0.1, -0.05) is 18.1 Å². The van der Waals surface area contributed by atoms with Gasteiger partial charge in [-0.15, -0.1) is 6.42 Å². The van der Waals surface area contributed by atoms with Crippen LogP contribution in [0.25, 0.3) is 0 Å². The van der Waals surface area contributed by atoms with Gasteiger partial charge >= 0.3 is 0 Å². The number of ether oxygens (including phenoxy) is 1. The van der Waals surface area contributed by atoms with Crippen molar-refractivity contribution >= 4 is 5.69 Å². The van der Waals surface area contributed by atoms with E-state index in [-0.39, 0.29) is 0 Å². The maximum Gasteiger partial charge on any atom is 0.142 e. The number of anilines is 1. The molecule has 1 heterocycles. The second-order valence-corrected chi connectivity index (χ2v) is 3.52. The van der Waals surface area contributed by atoms with Crippen molar-refractivity contribution in [3.8, 4) is 18.1 Å². The number of fused-ring (bicyclic) bond motifs is 1. The highest BCUT2D eigenvalue weighted by Gasteiger charge is 2.17. The summed E-state index contributed by atoms with van der Waals surface area (Å²) in [6.45, 7) is 2.32. The second-order valence-electron chi connectivity index (χ2n) is 3.52. The van der Waals surface area contributed by atoms with Crippen molar-refractivity contribution in [1.29, 1.82) is 0 Å². The summed E-state index contributed by atoms with van der Waals surface area (Å²) in [6.07, 6.45) is 5.29. The van der Waals surface area contributed by atoms with Crippen LogP contribution in [0, 0.1) is 12.3 Å². The van der Waals surface area contributed by atoms with E-state index in [1.165, 1.54) is 5.56 Å². The monoisotopic (exact) mass is 202 g/mol. The molecule has 1 N–H and O–H groups in total. The number of rotatable bonds is 2. The lowest BCUT2D eigenvalue weighted by Crippen LogP contribution is -2.33. The molecular formula is C12H14N2O. The van der Waals surface area contributed by atoms with Gasteiger partial charge in [-0.2, -0.15) is 0 Å². The number of hydrogen-bond acceptors (Lipinski definition) is 3. The smallest absolute Gasteiger partial charge is 0.142 e. The predicted octanol–water partition coefficient (Wildman–Crippen LogP) is 1.51. The fraction of sp³-hybridized carbons (Fsp3) is 0.333. The predicted molar refractivity (Wildman–Crippen MR) is 60.7 cm³/mol. The van der Waals surface area contributed by atoms with Gasteiger partial charge in [0.05, 0.1) is 26.0 Å². The summed E-state index contributed by atoms with van der Waals surface area (Å²) in [6, 6.07) is 6.05. The molecule has 1 aromatic carbocycles. The van der Waals surface area contributed by atoms with Crippen LogP contribution >= 0.6 is 0 Å². The van der Waals surface area contributed by atoms with Gasteiger partial charge in [0.25, 0.3) is 0 Å². The summed E-state index contributed by atoms with van der Waals surface area (Å²) >= 11 is 0. The minimum atomic E-state index is 0.670. The second kappa shape index (κ2) is 4.24. The molecule has 0 amide bonds. The maximum atomic E-state index is 5.29. The highest BCUT2D eigenvalue weighted by atomic mass is 16.5. The Balaban J connectivity index is 2.24. The van der Waals surface area contributed by atoms with Crippen molar-refractivity contribution in [3.05, 3.63) is 23.8 Å². The van der Waals surface area contributed by atoms with Gasteiger partial charge in [-0.3, -0.25) is 4.90 Å². The molecule has 1 aromatic rings. The average Bonchev–Trinajstić information content (AvgIpc) is 2.28. The first-order chi connectivity index (χ1) is 7.35. The summed E-state index contributed by atoms with van der Waals surface area (Å²) in [5, 5.41) is 3.32. The van der Waals surface area contributed by atoms with Crippen LogP contribution in [-0.2, 0) is 6.54 Å². The fourth-order valence-electron chi connectivity index (χ4n) is 1.81. The highest BCUT2D eigenvalue weighted by Crippen LogP contribution is 2.31. The molecule has 0 aliphatic carbocycles. The normalized spacial score (nSPS) is 14.9. The van der Waals surface area contributed by atoms with E-state index in [9.17, 15) is 0 Å². The molecule has 2 rings (SSSR count). The molecule has 1 aliphatic rings. The van der Waals surface area contributed by atoms with Crippen LogP contribution in [0.2, 0.25) is 0 Å². The lowest BCUT2D eigenvalue weighted by atomic mass is 10.1. The molecule has 0 unspecified atom stereocenters. The zero-order valence-corrected chi connectivity index (χ0v) is 8.79. The topological polar surface area (TPSA) is 24.5 Å². The van der Waals surface area contributed by atoms with E-state index < -0.39 is 0 Å². The molecule has 0 spiro atoms. The zero-order valence-electron chi connectivity index (χ0n) is 8.79. The SMILES string of the molecule is C#CCN1CNc2c(cccc2OC)C1. The van der Waals surface area contributed by atoms with Gasteiger partial charge in [-0.05, 0) is 11.6 Å². The van der Waals surface area contributed by atoms with Crippen LogP contribution in [0.3, 0.4) is 0 Å². The third kappa shape index (κ3) is 1.90. The van der Waals surface area contributed by atoms with Crippen molar-refractivity contribution in [2.45, 2.75) is 6.54 Å². The molecule has 0 saturated heterocycles. The Morgan fingerprint density at radius 2 is 2.47 bits per heavy atom. The Bertz CT molecular complexity index is 395. The summed E-state index contributed by atoms with van der Waals surface area (Å²) < 4.78 is 5.29. The van der Waals surface area contributed by atoms with Crippen molar-refractivity contribution in [2.24, 2.45) is 0 Å². The Labute approximate surface area is 90.0 Å². The van der Waals surface area contributed by atoms with Gasteiger partial charge in [0.1, 0.15) is 5.75 Å². The fourth-order valence-corrected chi connectivity index (χ4v) is 1.81. The molecule has 78 valence electrons. The third-order valence-electron chi connectivity index (χ3n) is 2.52. The van der Waals surface area contributed by atoms with Gasteiger partial charge in [0.15, 0.2) is 0 Å². The quantitative estimate of drug-likeness (QED) is 0.736. The molecule has 0 fully saturated rings. The van der Waals surface area contributed by atoms with Crippen LogP contribution in [0.1, 0.15) is 5.56 Å². The van der Waals surface area contributed by atoms with Gasteiger partial charge in [0, 0.05) is 6.54 Å². The van der Waals surface area contributed by atoms with Crippen molar-refractivity contribution in [1.82, 2.24) is 4.90 Å². The van der Waals surface area contributed by atoms with E-state index in [0.717, 1.165) is 24.7 Å². The molecule has 1 aliphatic heterocycles. The van der Waals surface area contributed by atoms with Crippen molar-refractivity contribution in [3.63, 3.8) is 0 Å². The molecular weight excluding hydrogens is 188 g/mol. The van der Waals surface area contributed by atoms with Crippen LogP contribution in [0.4, 0.5) is 5.69 Å². The molecule has 0 aromatic heterocycles. The Morgan fingerprint density at radius 3 is 3.20 bits per heavy atom. The number of nitrogens with one attached hydrogen (secondary N) is 1. The van der Waals surface area contributed by atoms with Crippen LogP contribution in [-0.4, -0.2) is 25.2 Å². The number of hydrogen-bond donors (Lipinski definition) is 1. The van der Waals surface area contributed by atoms with E-state index in [4.69, 9.17) is 11.2 Å². The lowest BCUT2D eigenvalue weighted by molar-refractivity contribution is 0.308. The van der Waals surface area contributed by atoms with Crippen molar-refractivity contribution in [2.75, 3.05) is 25.6 Å². The zero-order chi connectivity index (χ0) is 10.7. The van der Waals surface area contributed by atoms with Gasteiger partial charge in [-0.25, -0.2) is 0 Å². The largest absolute Gasteiger partial charge is 0.495 e. The van der Waals surface area contributed by atoms with E-state index in [0.29, 0.717) is 6.54 Å². The molecule has 0 bridgehead atoms. The number of benzene rings is 1. The Hall–Kier alpha value is -1.66. The van der Waals surface area contributed by atoms with E-state index in [1.54, 1.807) is 7.11 Å². The van der Waals surface area contributed by atoms with Gasteiger partial charge < -0.3 is 10.1 Å². The first-order valence-corrected chi connectivity index (χ1v) is 4.90. The minimum Gasteiger partial charge on any atom is -0.495 e. The first-order valence-electron chi connectivity index (χ1n) is 4.90. The van der Waals surface area contributed by atoms with Crippen LogP contribution in [0.5, 0.6) is 5.75 Å². The number of nitrogens with zero attached hydrogens (tertiary/aromatic N) is 1. The molecule has 0 radical (unpaired) electrons. The molecule has 0 saturated carbocycles. The van der Waals surface area contributed by atoms with Crippen LogP contribution in [0.15, 0.2) is 18.2 Å². The maximum absolute atomic E-state index is 5.29. The standard InChI is InChI=1S/C12H14N2O/c1-3-7-14-8-10-5-4-6-11(15-2)12(10)13-9-14/h1,4-6,13H,7-9H2,2H3. The summed E-state index contributed by atoms with van der Waals surface area (Å²) in [4.78, 5) is 2.17. The van der Waals surface area contributed by atoms with E-state index >= 15 is 0 Å². The summed E-state index contributed by atoms with van der Waals surface area (Å²) in [5.41, 5.74) is 2.32. The van der Waals surface area contributed by atoms with Crippen molar-refractivity contribution < 1.29 is 4.74 Å². The molecule has 15 heavy (non-hydrogen) atoms. The number of methoxy groups -OCH3 is 1. The Morgan fingerprint density at radius 1 is 1.60 bits per heavy atom. The third-order valence-corrected chi connectivity index (χ3v) is 2.52. The summed E-state index contributed by atoms with van der Waals surface area (Å²) in [5.74, 6) is 3.55. The lowest BCUT2D eigenvalue weighted by Gasteiger charge is -2.29.